The summed E-state index contributed by atoms with van der Waals surface area (Å²) in [5.41, 5.74) is 5.23. The lowest BCUT2D eigenvalue weighted by atomic mass is 10.2. The van der Waals surface area contributed by atoms with Crippen LogP contribution in [0.15, 0.2) is 17.4 Å². The average molecular weight is 284 g/mol. The van der Waals surface area contributed by atoms with Crippen LogP contribution >= 0.6 is 0 Å². The highest BCUT2D eigenvalue weighted by molar-refractivity contribution is 5.99. The van der Waals surface area contributed by atoms with Gasteiger partial charge in [-0.15, -0.1) is 0 Å². The van der Waals surface area contributed by atoms with Gasteiger partial charge in [-0.3, -0.25) is 10.1 Å². The van der Waals surface area contributed by atoms with Crippen LogP contribution < -0.4 is 10.5 Å². The number of rotatable bonds is 7. The van der Waals surface area contributed by atoms with Crippen molar-refractivity contribution in [2.24, 2.45) is 10.9 Å². The number of hydrogen-bond acceptors (Lipinski definition) is 7. The van der Waals surface area contributed by atoms with Crippen molar-refractivity contribution in [2.75, 3.05) is 13.2 Å². The number of oxime groups is 1. The van der Waals surface area contributed by atoms with Gasteiger partial charge in [0.1, 0.15) is 12.3 Å². The third kappa shape index (κ3) is 4.05. The molecule has 9 nitrogen and oxygen atoms in total. The molecule has 110 valence electrons. The molecule has 0 aliphatic rings. The van der Waals surface area contributed by atoms with Gasteiger partial charge in [-0.2, -0.15) is 0 Å². The molecule has 1 aromatic heterocycles. The molecule has 0 saturated heterocycles. The quantitative estimate of drug-likeness (QED) is 0.249. The minimum Gasteiger partial charge on any atom is -0.472 e. The van der Waals surface area contributed by atoms with Crippen molar-refractivity contribution in [2.45, 2.75) is 20.0 Å². The Morgan fingerprint density at radius 3 is 2.95 bits per heavy atom. The Kier molecular flexibility index (Phi) is 5.66. The molecule has 0 radical (unpaired) electrons. The Morgan fingerprint density at radius 2 is 2.40 bits per heavy atom. The first kappa shape index (κ1) is 15.6. The molecule has 1 rings (SSSR count). The molecule has 3 N–H and O–H groups in total. The second kappa shape index (κ2) is 7.24. The fourth-order valence-electron chi connectivity index (χ4n) is 1.38. The van der Waals surface area contributed by atoms with Crippen molar-refractivity contribution in [1.82, 2.24) is 4.98 Å². The molecule has 1 heterocycles. The summed E-state index contributed by atoms with van der Waals surface area (Å²) < 4.78 is 10.7. The molecule has 20 heavy (non-hydrogen) atoms. The van der Waals surface area contributed by atoms with Crippen LogP contribution in [0.25, 0.3) is 0 Å². The fraction of sp³-hybridized carbons (Fsp3) is 0.455. The van der Waals surface area contributed by atoms with Gasteiger partial charge >= 0.3 is 0 Å². The molecule has 1 aromatic rings. The van der Waals surface area contributed by atoms with Crippen LogP contribution in [0.3, 0.4) is 0 Å². The average Bonchev–Trinajstić information content (AvgIpc) is 2.44. The van der Waals surface area contributed by atoms with Crippen molar-refractivity contribution in [3.63, 3.8) is 0 Å². The van der Waals surface area contributed by atoms with E-state index in [1.165, 1.54) is 0 Å². The smallest absolute Gasteiger partial charge is 0.288 e. The summed E-state index contributed by atoms with van der Waals surface area (Å²) in [7, 11) is 0. The molecule has 9 heteroatoms. The molecule has 0 spiro atoms. The van der Waals surface area contributed by atoms with E-state index in [1.54, 1.807) is 6.92 Å². The molecule has 0 amide bonds. The maximum Gasteiger partial charge on any atom is 0.288 e. The Bertz CT molecular complexity index is 506. The van der Waals surface area contributed by atoms with Gasteiger partial charge in [0.25, 0.3) is 5.69 Å². The Balaban J connectivity index is 3.03. The summed E-state index contributed by atoms with van der Waals surface area (Å²) in [5, 5.41) is 22.2. The maximum absolute atomic E-state index is 10.7. The van der Waals surface area contributed by atoms with E-state index in [0.717, 1.165) is 12.3 Å². The van der Waals surface area contributed by atoms with Crippen LogP contribution in [0.1, 0.15) is 19.4 Å². The molecule has 0 aromatic carbocycles. The molecular weight excluding hydrogens is 268 g/mol. The van der Waals surface area contributed by atoms with Gasteiger partial charge in [-0.1, -0.05) is 5.16 Å². The van der Waals surface area contributed by atoms with Gasteiger partial charge in [0, 0.05) is 12.7 Å². The number of pyridine rings is 1. The third-order valence-electron chi connectivity index (χ3n) is 2.30. The summed E-state index contributed by atoms with van der Waals surface area (Å²) in [6.07, 6.45) is 0.700. The summed E-state index contributed by atoms with van der Waals surface area (Å²) in [6, 6.07) is 1.13. The number of hydrogen-bond donors (Lipinski definition) is 2. The first-order valence-corrected chi connectivity index (χ1v) is 5.86. The normalized spacial score (nSPS) is 13.0. The second-order valence-corrected chi connectivity index (χ2v) is 3.88. The Morgan fingerprint density at radius 1 is 1.70 bits per heavy atom. The Hall–Kier alpha value is -2.42. The second-order valence-electron chi connectivity index (χ2n) is 3.88. The highest BCUT2D eigenvalue weighted by atomic mass is 16.6. The van der Waals surface area contributed by atoms with Crippen molar-refractivity contribution in [3.05, 3.63) is 27.9 Å². The van der Waals surface area contributed by atoms with E-state index >= 15 is 0 Å². The fourth-order valence-corrected chi connectivity index (χ4v) is 1.38. The van der Waals surface area contributed by atoms with Crippen LogP contribution in [0, 0.1) is 10.1 Å². The van der Waals surface area contributed by atoms with Crippen LogP contribution in [0.4, 0.5) is 5.69 Å². The van der Waals surface area contributed by atoms with E-state index in [9.17, 15) is 10.1 Å². The maximum atomic E-state index is 10.7. The first-order valence-electron chi connectivity index (χ1n) is 5.86. The zero-order chi connectivity index (χ0) is 15.1. The SMILES string of the molecule is CCOCC(C)Oc1ncc([N+](=O)[O-])cc1C(N)=NO. The summed E-state index contributed by atoms with van der Waals surface area (Å²) in [5.74, 6) is -0.280. The topological polar surface area (TPSA) is 133 Å². The standard InChI is InChI=1S/C11H16N4O5/c1-3-19-6-7(2)20-11-9(10(12)14-16)4-8(5-13-11)15(17)18/h4-5,7,16H,3,6H2,1-2H3,(H2,12,14). The van der Waals surface area contributed by atoms with E-state index in [1.807, 2.05) is 6.92 Å². The highest BCUT2D eigenvalue weighted by Crippen LogP contribution is 2.21. The zero-order valence-corrected chi connectivity index (χ0v) is 11.1. The van der Waals surface area contributed by atoms with Crippen molar-refractivity contribution in [3.8, 4) is 5.88 Å². The number of nitro groups is 1. The number of ether oxygens (including phenoxy) is 2. The molecule has 0 saturated carbocycles. The predicted octanol–water partition coefficient (Wildman–Crippen LogP) is 0.888. The zero-order valence-electron chi connectivity index (χ0n) is 11.1. The minimum absolute atomic E-state index is 0.0399. The van der Waals surface area contributed by atoms with Crippen molar-refractivity contribution in [1.29, 1.82) is 0 Å². The molecular formula is C11H16N4O5. The molecule has 1 unspecified atom stereocenters. The minimum atomic E-state index is -0.630. The lowest BCUT2D eigenvalue weighted by molar-refractivity contribution is -0.385. The molecule has 1 atom stereocenters. The summed E-state index contributed by atoms with van der Waals surface area (Å²) >= 11 is 0. The number of aromatic nitrogens is 1. The summed E-state index contributed by atoms with van der Waals surface area (Å²) in [4.78, 5) is 13.9. The van der Waals surface area contributed by atoms with Gasteiger partial charge in [0.05, 0.1) is 17.1 Å². The van der Waals surface area contributed by atoms with Crippen LogP contribution in [0.5, 0.6) is 5.88 Å². The van der Waals surface area contributed by atoms with Crippen molar-refractivity contribution >= 4 is 11.5 Å². The van der Waals surface area contributed by atoms with Crippen LogP contribution in [0.2, 0.25) is 0 Å². The predicted molar refractivity (Wildman–Crippen MR) is 70.0 cm³/mol. The molecule has 0 fully saturated rings. The lowest BCUT2D eigenvalue weighted by Gasteiger charge is -2.15. The molecule has 0 aliphatic heterocycles. The number of nitrogens with zero attached hydrogens (tertiary/aromatic N) is 3. The van der Waals surface area contributed by atoms with E-state index < -0.39 is 4.92 Å². The first-order chi connectivity index (χ1) is 9.49. The van der Waals surface area contributed by atoms with E-state index in [2.05, 4.69) is 10.1 Å². The van der Waals surface area contributed by atoms with Crippen LogP contribution in [-0.4, -0.2) is 40.3 Å². The lowest BCUT2D eigenvalue weighted by Crippen LogP contribution is -2.23. The van der Waals surface area contributed by atoms with E-state index in [4.69, 9.17) is 20.4 Å². The number of nitrogens with two attached hydrogens (primary N) is 1. The van der Waals surface area contributed by atoms with Gasteiger partial charge < -0.3 is 20.4 Å². The van der Waals surface area contributed by atoms with E-state index in [-0.39, 0.29) is 29.1 Å². The van der Waals surface area contributed by atoms with E-state index in [0.29, 0.717) is 13.2 Å². The molecule has 0 bridgehead atoms. The van der Waals surface area contributed by atoms with Gasteiger partial charge in [0.15, 0.2) is 5.84 Å². The highest BCUT2D eigenvalue weighted by Gasteiger charge is 2.18. The van der Waals surface area contributed by atoms with Gasteiger partial charge in [0.2, 0.25) is 5.88 Å². The molecule has 0 aliphatic carbocycles. The summed E-state index contributed by atoms with van der Waals surface area (Å²) in [6.45, 7) is 4.45. The van der Waals surface area contributed by atoms with Gasteiger partial charge in [-0.05, 0) is 13.8 Å². The third-order valence-corrected chi connectivity index (χ3v) is 2.30. The van der Waals surface area contributed by atoms with Crippen LogP contribution in [-0.2, 0) is 4.74 Å². The largest absolute Gasteiger partial charge is 0.472 e. The number of amidine groups is 1. The van der Waals surface area contributed by atoms with Crippen molar-refractivity contribution < 1.29 is 19.6 Å². The Labute approximate surface area is 115 Å². The monoisotopic (exact) mass is 284 g/mol. The van der Waals surface area contributed by atoms with Gasteiger partial charge in [-0.25, -0.2) is 4.98 Å².